The molecule has 0 atom stereocenters. The molecule has 0 bridgehead atoms. The second kappa shape index (κ2) is 10.2. The van der Waals surface area contributed by atoms with E-state index in [1.54, 1.807) is 0 Å². The molecule has 0 nitrogen and oxygen atoms in total. The maximum absolute atomic E-state index is 3.69. The van der Waals surface area contributed by atoms with Crippen LogP contribution in [0.25, 0.3) is 0 Å². The van der Waals surface area contributed by atoms with Gasteiger partial charge >= 0.3 is 0 Å². The summed E-state index contributed by atoms with van der Waals surface area (Å²) in [4.78, 5) is 0. The van der Waals surface area contributed by atoms with Gasteiger partial charge in [0.05, 0.1) is 0 Å². The predicted octanol–water partition coefficient (Wildman–Crippen LogP) is 4.26. The van der Waals surface area contributed by atoms with E-state index < -0.39 is 0 Å². The molecule has 0 heterocycles. The quantitative estimate of drug-likeness (QED) is 0.371. The zero-order valence-corrected chi connectivity index (χ0v) is 7.97. The lowest BCUT2D eigenvalue weighted by Crippen LogP contribution is -1.71. The van der Waals surface area contributed by atoms with Gasteiger partial charge < -0.3 is 0 Å². The Kier molecular flexibility index (Phi) is 9.56. The fraction of sp³-hybridized carbons (Fsp3) is 0.500. The fourth-order valence-corrected chi connectivity index (χ4v) is 1.00. The highest BCUT2D eigenvalue weighted by Crippen LogP contribution is 2.01. The minimum absolute atomic E-state index is 1.10. The molecule has 0 rings (SSSR count). The Morgan fingerprint density at radius 2 is 1.25 bits per heavy atom. The lowest BCUT2D eigenvalue weighted by molar-refractivity contribution is 0.761. The lowest BCUT2D eigenvalue weighted by Gasteiger charge is -1.91. The third kappa shape index (κ3) is 9.22. The van der Waals surface area contributed by atoms with Crippen LogP contribution in [0.4, 0.5) is 0 Å². The van der Waals surface area contributed by atoms with Gasteiger partial charge in [0.15, 0.2) is 0 Å². The smallest absolute Gasteiger partial charge is 0.0316 e. The molecule has 0 saturated carbocycles. The Hall–Kier alpha value is -0.780. The van der Waals surface area contributed by atoms with Crippen molar-refractivity contribution < 1.29 is 0 Å². The molecule has 0 aromatic heterocycles. The van der Waals surface area contributed by atoms with Crippen molar-refractivity contribution in [2.75, 3.05) is 0 Å². The van der Waals surface area contributed by atoms with Gasteiger partial charge in [-0.2, -0.15) is 0 Å². The van der Waals surface area contributed by atoms with Crippen LogP contribution in [0.2, 0.25) is 0 Å². The molecular formula is C12H20. The summed E-state index contributed by atoms with van der Waals surface area (Å²) in [6.45, 7) is 7.36. The molecule has 0 saturated heterocycles. The first kappa shape index (κ1) is 11.2. The molecule has 0 aromatic rings. The Labute approximate surface area is 76.7 Å². The van der Waals surface area contributed by atoms with Crippen LogP contribution in [0.3, 0.4) is 0 Å². The molecule has 0 N–H and O–H groups in total. The van der Waals surface area contributed by atoms with Gasteiger partial charge in [-0.3, -0.25) is 0 Å². The monoisotopic (exact) mass is 164 g/mol. The average molecular weight is 164 g/mol. The zero-order valence-electron chi connectivity index (χ0n) is 7.97. The molecule has 0 amide bonds. The van der Waals surface area contributed by atoms with Crippen LogP contribution in [-0.2, 0) is 0 Å². The van der Waals surface area contributed by atoms with Crippen LogP contribution < -0.4 is 0 Å². The van der Waals surface area contributed by atoms with Crippen LogP contribution in [0.15, 0.2) is 37.5 Å². The number of hydrogen-bond acceptors (Lipinski definition) is 0. The summed E-state index contributed by atoms with van der Waals surface area (Å²) in [6.07, 6.45) is 15.6. The summed E-state index contributed by atoms with van der Waals surface area (Å²) in [7, 11) is 0. The van der Waals surface area contributed by atoms with Gasteiger partial charge in [0.25, 0.3) is 0 Å². The highest BCUT2D eigenvalue weighted by atomic mass is 13.9. The number of allylic oxidation sites excluding steroid dienone is 4. The topological polar surface area (TPSA) is 0 Å². The molecule has 0 aliphatic carbocycles. The minimum Gasteiger partial charge on any atom is -0.103 e. The van der Waals surface area contributed by atoms with E-state index in [0.29, 0.717) is 0 Å². The SMILES string of the molecule is C=CCC/C=C/CCCCC=C. The molecule has 0 aromatic carbocycles. The van der Waals surface area contributed by atoms with Crippen LogP contribution in [-0.4, -0.2) is 0 Å². The number of unbranched alkanes of at least 4 members (excludes halogenated alkanes) is 4. The van der Waals surface area contributed by atoms with Crippen molar-refractivity contribution >= 4 is 0 Å². The lowest BCUT2D eigenvalue weighted by atomic mass is 10.2. The van der Waals surface area contributed by atoms with Crippen molar-refractivity contribution in [3.63, 3.8) is 0 Å². The standard InChI is InChI=1S/C12H20/c1-3-5-7-9-11-12-10-8-6-4-2/h3-4,9,11H,1-2,5-8,10,12H2/b11-9+. The first-order chi connectivity index (χ1) is 5.91. The van der Waals surface area contributed by atoms with Crippen molar-refractivity contribution in [2.24, 2.45) is 0 Å². The highest BCUT2D eigenvalue weighted by Gasteiger charge is 1.82. The molecule has 0 fully saturated rings. The summed E-state index contributed by atoms with van der Waals surface area (Å²) >= 11 is 0. The molecule has 0 radical (unpaired) electrons. The summed E-state index contributed by atoms with van der Waals surface area (Å²) in [5.41, 5.74) is 0. The largest absolute Gasteiger partial charge is 0.103 e. The summed E-state index contributed by atoms with van der Waals surface area (Å²) in [5, 5.41) is 0. The van der Waals surface area contributed by atoms with Gasteiger partial charge in [0.1, 0.15) is 0 Å². The van der Waals surface area contributed by atoms with E-state index in [1.165, 1.54) is 19.3 Å². The molecule has 0 heteroatoms. The molecule has 0 unspecified atom stereocenters. The van der Waals surface area contributed by atoms with Gasteiger partial charge in [-0.15, -0.1) is 13.2 Å². The molecule has 0 spiro atoms. The zero-order chi connectivity index (χ0) is 9.07. The van der Waals surface area contributed by atoms with Gasteiger partial charge in [-0.1, -0.05) is 24.3 Å². The number of hydrogen-bond donors (Lipinski definition) is 0. The molecule has 68 valence electrons. The Morgan fingerprint density at radius 1 is 0.667 bits per heavy atom. The van der Waals surface area contributed by atoms with Gasteiger partial charge in [-0.05, 0) is 38.5 Å². The van der Waals surface area contributed by atoms with E-state index in [0.717, 1.165) is 19.3 Å². The van der Waals surface area contributed by atoms with Crippen LogP contribution >= 0.6 is 0 Å². The average Bonchev–Trinajstić information content (AvgIpc) is 2.10. The normalized spacial score (nSPS) is 10.3. The third-order valence-corrected chi connectivity index (χ3v) is 1.73. The molecule has 12 heavy (non-hydrogen) atoms. The Balaban J connectivity index is 3.01. The van der Waals surface area contributed by atoms with E-state index >= 15 is 0 Å². The van der Waals surface area contributed by atoms with E-state index in [-0.39, 0.29) is 0 Å². The third-order valence-electron chi connectivity index (χ3n) is 1.73. The van der Waals surface area contributed by atoms with Crippen molar-refractivity contribution in [2.45, 2.75) is 38.5 Å². The molecule has 0 aliphatic rings. The Morgan fingerprint density at radius 3 is 1.92 bits per heavy atom. The number of rotatable bonds is 8. The summed E-state index contributed by atoms with van der Waals surface area (Å²) in [5.74, 6) is 0. The summed E-state index contributed by atoms with van der Waals surface area (Å²) in [6, 6.07) is 0. The van der Waals surface area contributed by atoms with Crippen molar-refractivity contribution in [3.8, 4) is 0 Å². The summed E-state index contributed by atoms with van der Waals surface area (Å²) < 4.78 is 0. The van der Waals surface area contributed by atoms with E-state index in [2.05, 4.69) is 25.3 Å². The van der Waals surface area contributed by atoms with Crippen LogP contribution in [0, 0.1) is 0 Å². The first-order valence-corrected chi connectivity index (χ1v) is 4.78. The minimum atomic E-state index is 1.10. The Bertz CT molecular complexity index is 131. The van der Waals surface area contributed by atoms with Gasteiger partial charge in [0.2, 0.25) is 0 Å². The molecular weight excluding hydrogens is 144 g/mol. The fourth-order valence-electron chi connectivity index (χ4n) is 1.00. The maximum Gasteiger partial charge on any atom is -0.0316 e. The predicted molar refractivity (Wildman–Crippen MR) is 57.2 cm³/mol. The van der Waals surface area contributed by atoms with Gasteiger partial charge in [0, 0.05) is 0 Å². The maximum atomic E-state index is 3.69. The van der Waals surface area contributed by atoms with Crippen LogP contribution in [0.5, 0.6) is 0 Å². The van der Waals surface area contributed by atoms with E-state index in [4.69, 9.17) is 0 Å². The first-order valence-electron chi connectivity index (χ1n) is 4.78. The van der Waals surface area contributed by atoms with Crippen LogP contribution in [0.1, 0.15) is 38.5 Å². The van der Waals surface area contributed by atoms with E-state index in [9.17, 15) is 0 Å². The van der Waals surface area contributed by atoms with Crippen molar-refractivity contribution in [3.05, 3.63) is 37.5 Å². The highest BCUT2D eigenvalue weighted by molar-refractivity contribution is 4.84. The second-order valence-electron chi connectivity index (χ2n) is 2.91. The van der Waals surface area contributed by atoms with Crippen molar-refractivity contribution in [1.29, 1.82) is 0 Å². The van der Waals surface area contributed by atoms with Crippen molar-refractivity contribution in [1.82, 2.24) is 0 Å². The van der Waals surface area contributed by atoms with E-state index in [1.807, 2.05) is 12.2 Å². The van der Waals surface area contributed by atoms with Gasteiger partial charge in [-0.25, -0.2) is 0 Å². The second-order valence-corrected chi connectivity index (χ2v) is 2.91. The molecule has 0 aliphatic heterocycles.